The molecule has 2 aromatic carbocycles. The summed E-state index contributed by atoms with van der Waals surface area (Å²) in [6.07, 6.45) is -1.59. The fourth-order valence-electron chi connectivity index (χ4n) is 2.86. The zero-order valence-electron chi connectivity index (χ0n) is 15.0. The molecule has 2 aromatic rings. The molecular formula is C20H21NO5. The molecule has 2 atom stereocenters. The van der Waals surface area contributed by atoms with E-state index in [-0.39, 0.29) is 12.5 Å². The molecule has 26 heavy (non-hydrogen) atoms. The molecule has 0 saturated heterocycles. The van der Waals surface area contributed by atoms with E-state index in [1.807, 2.05) is 31.2 Å². The van der Waals surface area contributed by atoms with Crippen molar-refractivity contribution in [3.05, 3.63) is 54.1 Å². The molecule has 1 aliphatic rings. The number of para-hydroxylation sites is 2. The van der Waals surface area contributed by atoms with E-state index in [0.29, 0.717) is 17.2 Å². The summed E-state index contributed by atoms with van der Waals surface area (Å²) in [6, 6.07) is 14.6. The highest BCUT2D eigenvalue weighted by Gasteiger charge is 2.36. The molecule has 0 aliphatic carbocycles. The number of carbonyl (C=O) groups excluding carboxylic acids is 2. The number of carbonyl (C=O) groups is 2. The van der Waals surface area contributed by atoms with Gasteiger partial charge in [-0.3, -0.25) is 4.79 Å². The Hall–Kier alpha value is -3.02. The van der Waals surface area contributed by atoms with Crippen LogP contribution in [-0.4, -0.2) is 37.7 Å². The van der Waals surface area contributed by atoms with Crippen molar-refractivity contribution in [1.82, 2.24) is 0 Å². The molecule has 0 saturated carbocycles. The average molecular weight is 355 g/mol. The normalized spacial score (nSPS) is 16.9. The Kier molecular flexibility index (Phi) is 5.11. The number of hydrogen-bond donors (Lipinski definition) is 0. The van der Waals surface area contributed by atoms with Gasteiger partial charge in [0.1, 0.15) is 11.5 Å². The van der Waals surface area contributed by atoms with Crippen LogP contribution in [0.5, 0.6) is 11.5 Å². The Morgan fingerprint density at radius 1 is 1.19 bits per heavy atom. The Labute approximate surface area is 152 Å². The van der Waals surface area contributed by atoms with Crippen molar-refractivity contribution in [2.45, 2.75) is 26.1 Å². The van der Waals surface area contributed by atoms with Gasteiger partial charge in [-0.05, 0) is 43.7 Å². The van der Waals surface area contributed by atoms with E-state index in [0.717, 1.165) is 5.56 Å². The number of benzene rings is 2. The molecule has 0 aromatic heterocycles. The van der Waals surface area contributed by atoms with Gasteiger partial charge in [-0.25, -0.2) is 4.79 Å². The molecule has 6 heteroatoms. The van der Waals surface area contributed by atoms with Gasteiger partial charge in [0.15, 0.2) is 6.10 Å². The van der Waals surface area contributed by atoms with E-state index < -0.39 is 18.2 Å². The molecule has 0 radical (unpaired) electrons. The fraction of sp³-hybridized carbons (Fsp3) is 0.300. The minimum Gasteiger partial charge on any atom is -0.481 e. The van der Waals surface area contributed by atoms with Gasteiger partial charge in [0.25, 0.3) is 5.91 Å². The number of rotatable bonds is 4. The average Bonchev–Trinajstić information content (AvgIpc) is 2.65. The van der Waals surface area contributed by atoms with Gasteiger partial charge in [-0.1, -0.05) is 24.3 Å². The molecule has 6 nitrogen and oxygen atoms in total. The second-order valence-electron chi connectivity index (χ2n) is 6.12. The van der Waals surface area contributed by atoms with Crippen molar-refractivity contribution < 1.29 is 23.8 Å². The maximum atomic E-state index is 13.0. The quantitative estimate of drug-likeness (QED) is 0.789. The number of nitrogens with zero attached hydrogens (tertiary/aromatic N) is 1. The summed E-state index contributed by atoms with van der Waals surface area (Å²) in [4.78, 5) is 26.4. The van der Waals surface area contributed by atoms with Crippen LogP contribution in [0.25, 0.3) is 0 Å². The Bertz CT molecular complexity index is 819. The van der Waals surface area contributed by atoms with E-state index in [1.165, 1.54) is 12.0 Å². The van der Waals surface area contributed by atoms with Crippen molar-refractivity contribution in [3.8, 4) is 11.5 Å². The molecular weight excluding hydrogens is 334 g/mol. The first-order valence-corrected chi connectivity index (χ1v) is 8.38. The molecule has 3 rings (SSSR count). The maximum absolute atomic E-state index is 13.0. The van der Waals surface area contributed by atoms with Crippen LogP contribution in [0, 0.1) is 6.92 Å². The number of hydrogen-bond acceptors (Lipinski definition) is 5. The highest BCUT2D eigenvalue weighted by Crippen LogP contribution is 2.34. The SMILES string of the molecule is COC(=O)[C@@H]1CN(C(=O)[C@@H](C)Oc2cccc(C)c2)c2ccccc2O1. The summed E-state index contributed by atoms with van der Waals surface area (Å²) in [6.45, 7) is 3.72. The first kappa shape index (κ1) is 17.8. The van der Waals surface area contributed by atoms with Crippen molar-refractivity contribution in [2.24, 2.45) is 0 Å². The monoisotopic (exact) mass is 355 g/mol. The third-order valence-corrected chi connectivity index (χ3v) is 4.15. The van der Waals surface area contributed by atoms with Crippen molar-refractivity contribution in [1.29, 1.82) is 0 Å². The number of anilines is 1. The standard InChI is InChI=1S/C20H21NO5/c1-13-7-6-8-15(11-13)25-14(2)19(22)21-12-18(20(23)24-3)26-17-10-5-4-9-16(17)21/h4-11,14,18H,12H2,1-3H3/t14-,18+/m1/s1. The lowest BCUT2D eigenvalue weighted by Crippen LogP contribution is -2.51. The summed E-state index contributed by atoms with van der Waals surface area (Å²) < 4.78 is 16.2. The Morgan fingerprint density at radius 2 is 1.96 bits per heavy atom. The van der Waals surface area contributed by atoms with Gasteiger partial charge < -0.3 is 19.1 Å². The Morgan fingerprint density at radius 3 is 2.69 bits per heavy atom. The number of methoxy groups -OCH3 is 1. The number of ether oxygens (including phenoxy) is 3. The molecule has 1 aliphatic heterocycles. The maximum Gasteiger partial charge on any atom is 0.348 e. The minimum atomic E-state index is -0.870. The van der Waals surface area contributed by atoms with Gasteiger partial charge in [0.2, 0.25) is 6.10 Å². The second kappa shape index (κ2) is 7.47. The summed E-state index contributed by atoms with van der Waals surface area (Å²) >= 11 is 0. The summed E-state index contributed by atoms with van der Waals surface area (Å²) in [5, 5.41) is 0. The number of aryl methyl sites for hydroxylation is 1. The van der Waals surface area contributed by atoms with E-state index in [1.54, 1.807) is 31.2 Å². The van der Waals surface area contributed by atoms with Gasteiger partial charge in [-0.2, -0.15) is 0 Å². The molecule has 1 heterocycles. The molecule has 1 amide bonds. The lowest BCUT2D eigenvalue weighted by molar-refractivity contribution is -0.148. The molecule has 0 bridgehead atoms. The smallest absolute Gasteiger partial charge is 0.348 e. The van der Waals surface area contributed by atoms with Gasteiger partial charge in [0, 0.05) is 0 Å². The van der Waals surface area contributed by atoms with Crippen LogP contribution < -0.4 is 14.4 Å². The van der Waals surface area contributed by atoms with Crippen molar-refractivity contribution in [3.63, 3.8) is 0 Å². The van der Waals surface area contributed by atoms with Crippen molar-refractivity contribution in [2.75, 3.05) is 18.6 Å². The van der Waals surface area contributed by atoms with E-state index in [2.05, 4.69) is 0 Å². The van der Waals surface area contributed by atoms with E-state index >= 15 is 0 Å². The zero-order valence-corrected chi connectivity index (χ0v) is 15.0. The lowest BCUT2D eigenvalue weighted by atomic mass is 10.1. The molecule has 0 fully saturated rings. The second-order valence-corrected chi connectivity index (χ2v) is 6.12. The predicted molar refractivity (Wildman–Crippen MR) is 96.5 cm³/mol. The van der Waals surface area contributed by atoms with Crippen LogP contribution in [0.15, 0.2) is 48.5 Å². The van der Waals surface area contributed by atoms with Gasteiger partial charge >= 0.3 is 5.97 Å². The molecule has 0 spiro atoms. The van der Waals surface area contributed by atoms with Crippen LogP contribution in [-0.2, 0) is 14.3 Å². The summed E-state index contributed by atoms with van der Waals surface area (Å²) in [5.41, 5.74) is 1.65. The van der Waals surface area contributed by atoms with Crippen LogP contribution in [0.1, 0.15) is 12.5 Å². The highest BCUT2D eigenvalue weighted by molar-refractivity contribution is 5.99. The third kappa shape index (κ3) is 3.64. The summed E-state index contributed by atoms with van der Waals surface area (Å²) in [5.74, 6) is 0.308. The number of fused-ring (bicyclic) bond motifs is 1. The lowest BCUT2D eigenvalue weighted by Gasteiger charge is -2.34. The first-order chi connectivity index (χ1) is 12.5. The molecule has 0 unspecified atom stereocenters. The van der Waals surface area contributed by atoms with Crippen LogP contribution >= 0.6 is 0 Å². The minimum absolute atomic E-state index is 0.0734. The molecule has 136 valence electrons. The van der Waals surface area contributed by atoms with E-state index in [9.17, 15) is 9.59 Å². The van der Waals surface area contributed by atoms with Crippen molar-refractivity contribution >= 4 is 17.6 Å². The largest absolute Gasteiger partial charge is 0.481 e. The Balaban J connectivity index is 1.83. The van der Waals surface area contributed by atoms with Crippen LogP contribution in [0.3, 0.4) is 0 Å². The van der Waals surface area contributed by atoms with Crippen LogP contribution in [0.2, 0.25) is 0 Å². The predicted octanol–water partition coefficient (Wildman–Crippen LogP) is 2.73. The number of esters is 1. The summed E-state index contributed by atoms with van der Waals surface area (Å²) in [7, 11) is 1.29. The topological polar surface area (TPSA) is 65.1 Å². The van der Waals surface area contributed by atoms with E-state index in [4.69, 9.17) is 14.2 Å². The molecule has 0 N–H and O–H groups in total. The fourth-order valence-corrected chi connectivity index (χ4v) is 2.86. The van der Waals surface area contributed by atoms with Crippen LogP contribution in [0.4, 0.5) is 5.69 Å². The zero-order chi connectivity index (χ0) is 18.7. The van der Waals surface area contributed by atoms with Gasteiger partial charge in [0.05, 0.1) is 19.3 Å². The first-order valence-electron chi connectivity index (χ1n) is 8.38. The highest BCUT2D eigenvalue weighted by atomic mass is 16.6. The van der Waals surface area contributed by atoms with Gasteiger partial charge in [-0.15, -0.1) is 0 Å². The number of amides is 1. The third-order valence-electron chi connectivity index (χ3n) is 4.15.